The molecule has 2 atom stereocenters. The van der Waals surface area contributed by atoms with E-state index in [9.17, 15) is 5.11 Å². The summed E-state index contributed by atoms with van der Waals surface area (Å²) < 4.78 is 0. The van der Waals surface area contributed by atoms with Crippen LogP contribution in [0.4, 0.5) is 0 Å². The molecule has 0 aromatic heterocycles. The largest absolute Gasteiger partial charge is 0.390 e. The molecule has 0 radical (unpaired) electrons. The zero-order valence-electron chi connectivity index (χ0n) is 5.73. The molecule has 0 bridgehead atoms. The summed E-state index contributed by atoms with van der Waals surface area (Å²) in [6.07, 6.45) is 4.25. The molecule has 0 aliphatic heterocycles. The van der Waals surface area contributed by atoms with Crippen molar-refractivity contribution < 1.29 is 5.11 Å². The SMILES string of the molecule is CC1(O)CCCC(Br)C1. The molecular weight excluding hydrogens is 180 g/mol. The van der Waals surface area contributed by atoms with Crippen LogP contribution in [0.1, 0.15) is 32.6 Å². The van der Waals surface area contributed by atoms with Crippen molar-refractivity contribution in [1.82, 2.24) is 0 Å². The number of alkyl halides is 1. The minimum absolute atomic E-state index is 0.396. The van der Waals surface area contributed by atoms with E-state index in [-0.39, 0.29) is 0 Å². The van der Waals surface area contributed by atoms with Gasteiger partial charge in [0.25, 0.3) is 0 Å². The Morgan fingerprint density at radius 3 is 2.67 bits per heavy atom. The van der Waals surface area contributed by atoms with E-state index in [0.29, 0.717) is 4.83 Å². The van der Waals surface area contributed by atoms with Gasteiger partial charge in [-0.15, -0.1) is 0 Å². The highest BCUT2D eigenvalue weighted by atomic mass is 79.9. The molecule has 1 aliphatic rings. The van der Waals surface area contributed by atoms with Gasteiger partial charge in [-0.3, -0.25) is 0 Å². The van der Waals surface area contributed by atoms with Crippen LogP contribution in [0.15, 0.2) is 0 Å². The van der Waals surface area contributed by atoms with Gasteiger partial charge in [0.15, 0.2) is 0 Å². The van der Waals surface area contributed by atoms with Crippen LogP contribution in [0.3, 0.4) is 0 Å². The molecule has 2 unspecified atom stereocenters. The van der Waals surface area contributed by atoms with Crippen molar-refractivity contribution in [3.8, 4) is 0 Å². The summed E-state index contributed by atoms with van der Waals surface area (Å²) in [4.78, 5) is 0.543. The Hall–Kier alpha value is 0.440. The maximum atomic E-state index is 9.51. The number of hydrogen-bond donors (Lipinski definition) is 1. The van der Waals surface area contributed by atoms with Gasteiger partial charge in [-0.2, -0.15) is 0 Å². The quantitative estimate of drug-likeness (QED) is 0.584. The van der Waals surface area contributed by atoms with Crippen LogP contribution in [-0.4, -0.2) is 15.5 Å². The zero-order valence-corrected chi connectivity index (χ0v) is 7.32. The highest BCUT2D eigenvalue weighted by Crippen LogP contribution is 2.31. The molecule has 0 aromatic carbocycles. The van der Waals surface area contributed by atoms with Crippen LogP contribution < -0.4 is 0 Å². The average Bonchev–Trinajstić information content (AvgIpc) is 1.60. The van der Waals surface area contributed by atoms with Gasteiger partial charge in [0, 0.05) is 4.83 Å². The molecule has 1 N–H and O–H groups in total. The first-order chi connectivity index (χ1) is 4.10. The molecule has 2 heteroatoms. The summed E-state index contributed by atoms with van der Waals surface area (Å²) in [7, 11) is 0. The summed E-state index contributed by atoms with van der Waals surface area (Å²) in [6, 6.07) is 0. The van der Waals surface area contributed by atoms with Gasteiger partial charge < -0.3 is 5.11 Å². The molecule has 1 aliphatic carbocycles. The van der Waals surface area contributed by atoms with Crippen LogP contribution in [0.5, 0.6) is 0 Å². The third kappa shape index (κ3) is 2.26. The van der Waals surface area contributed by atoms with Crippen molar-refractivity contribution in [2.24, 2.45) is 0 Å². The van der Waals surface area contributed by atoms with Crippen LogP contribution in [0, 0.1) is 0 Å². The first-order valence-corrected chi connectivity index (χ1v) is 4.38. The Bertz CT molecular complexity index is 101. The van der Waals surface area contributed by atoms with Gasteiger partial charge in [-0.05, 0) is 32.6 Å². The maximum absolute atomic E-state index is 9.51. The number of aliphatic hydroxyl groups is 1. The Morgan fingerprint density at radius 1 is 1.67 bits per heavy atom. The van der Waals surface area contributed by atoms with E-state index in [1.807, 2.05) is 6.92 Å². The average molecular weight is 193 g/mol. The summed E-state index contributed by atoms with van der Waals surface area (Å²) in [5.41, 5.74) is -0.396. The van der Waals surface area contributed by atoms with E-state index < -0.39 is 5.60 Å². The molecule has 1 rings (SSSR count). The first-order valence-electron chi connectivity index (χ1n) is 3.47. The lowest BCUT2D eigenvalue weighted by atomic mass is 9.87. The second-order valence-electron chi connectivity index (χ2n) is 3.19. The highest BCUT2D eigenvalue weighted by molar-refractivity contribution is 9.09. The van der Waals surface area contributed by atoms with Crippen molar-refractivity contribution in [2.75, 3.05) is 0 Å². The normalized spacial score (nSPS) is 45.0. The molecule has 54 valence electrons. The van der Waals surface area contributed by atoms with Crippen molar-refractivity contribution in [2.45, 2.75) is 43.0 Å². The van der Waals surface area contributed by atoms with Gasteiger partial charge in [0.2, 0.25) is 0 Å². The van der Waals surface area contributed by atoms with Crippen LogP contribution in [0.25, 0.3) is 0 Å². The van der Waals surface area contributed by atoms with E-state index in [2.05, 4.69) is 15.9 Å². The molecule has 0 amide bonds. The number of hydrogen-bond acceptors (Lipinski definition) is 1. The van der Waals surface area contributed by atoms with Crippen molar-refractivity contribution in [1.29, 1.82) is 0 Å². The lowest BCUT2D eigenvalue weighted by Crippen LogP contribution is -2.31. The minimum Gasteiger partial charge on any atom is -0.390 e. The van der Waals surface area contributed by atoms with Crippen molar-refractivity contribution in [3.63, 3.8) is 0 Å². The van der Waals surface area contributed by atoms with E-state index in [0.717, 1.165) is 19.3 Å². The van der Waals surface area contributed by atoms with E-state index >= 15 is 0 Å². The predicted molar refractivity (Wildman–Crippen MR) is 41.8 cm³/mol. The smallest absolute Gasteiger partial charge is 0.0630 e. The van der Waals surface area contributed by atoms with E-state index in [1.54, 1.807) is 0 Å². The molecule has 1 fully saturated rings. The molecular formula is C7H13BrO. The number of halogens is 1. The summed E-state index contributed by atoms with van der Waals surface area (Å²) in [5, 5.41) is 9.51. The maximum Gasteiger partial charge on any atom is 0.0630 e. The topological polar surface area (TPSA) is 20.2 Å². The van der Waals surface area contributed by atoms with Crippen LogP contribution >= 0.6 is 15.9 Å². The second-order valence-corrected chi connectivity index (χ2v) is 4.49. The molecule has 9 heavy (non-hydrogen) atoms. The van der Waals surface area contributed by atoms with Gasteiger partial charge in [0.1, 0.15) is 0 Å². The molecule has 0 heterocycles. The Balaban J connectivity index is 2.41. The van der Waals surface area contributed by atoms with Gasteiger partial charge >= 0.3 is 0 Å². The Labute approximate surface area is 64.6 Å². The predicted octanol–water partition coefficient (Wildman–Crippen LogP) is 2.07. The Morgan fingerprint density at radius 2 is 2.33 bits per heavy atom. The highest BCUT2D eigenvalue weighted by Gasteiger charge is 2.27. The standard InChI is InChI=1S/C7H13BrO/c1-7(9)4-2-3-6(8)5-7/h6,9H,2-5H2,1H3. The molecule has 1 nitrogen and oxygen atoms in total. The molecule has 0 saturated heterocycles. The fourth-order valence-corrected chi connectivity index (χ4v) is 2.41. The summed E-state index contributed by atoms with van der Waals surface area (Å²) in [5.74, 6) is 0. The third-order valence-electron chi connectivity index (χ3n) is 1.89. The van der Waals surface area contributed by atoms with Gasteiger partial charge in [-0.25, -0.2) is 0 Å². The van der Waals surface area contributed by atoms with Crippen LogP contribution in [0.2, 0.25) is 0 Å². The first kappa shape index (κ1) is 7.55. The molecule has 0 spiro atoms. The monoisotopic (exact) mass is 192 g/mol. The minimum atomic E-state index is -0.396. The number of rotatable bonds is 0. The van der Waals surface area contributed by atoms with Crippen LogP contribution in [-0.2, 0) is 0 Å². The summed E-state index contributed by atoms with van der Waals surface area (Å²) >= 11 is 3.50. The molecule has 0 aromatic rings. The fourth-order valence-electron chi connectivity index (χ4n) is 1.39. The fraction of sp³-hybridized carbons (Fsp3) is 1.00. The zero-order chi connectivity index (χ0) is 6.91. The lowest BCUT2D eigenvalue weighted by Gasteiger charge is -2.30. The summed E-state index contributed by atoms with van der Waals surface area (Å²) in [6.45, 7) is 1.92. The van der Waals surface area contributed by atoms with Crippen molar-refractivity contribution in [3.05, 3.63) is 0 Å². The third-order valence-corrected chi connectivity index (χ3v) is 2.68. The van der Waals surface area contributed by atoms with Crippen molar-refractivity contribution >= 4 is 15.9 Å². The Kier molecular flexibility index (Phi) is 2.17. The van der Waals surface area contributed by atoms with E-state index in [4.69, 9.17) is 0 Å². The van der Waals surface area contributed by atoms with Gasteiger partial charge in [0.05, 0.1) is 5.60 Å². The van der Waals surface area contributed by atoms with E-state index in [1.165, 1.54) is 6.42 Å². The lowest BCUT2D eigenvalue weighted by molar-refractivity contribution is 0.0256. The second kappa shape index (κ2) is 2.59. The molecule has 1 saturated carbocycles. The van der Waals surface area contributed by atoms with Gasteiger partial charge in [-0.1, -0.05) is 15.9 Å².